The van der Waals surface area contributed by atoms with Crippen molar-refractivity contribution in [2.45, 2.75) is 32.4 Å². The van der Waals surface area contributed by atoms with Crippen LogP contribution in [0.5, 0.6) is 0 Å². The first-order chi connectivity index (χ1) is 10.2. The number of nitrogens with one attached hydrogen (secondary N) is 2. The molecule has 1 aromatic heterocycles. The lowest BCUT2D eigenvalue weighted by Gasteiger charge is -2.22. The Hall–Kier alpha value is -2.51. The fraction of sp³-hybridized carbons (Fsp3) is 0.500. The van der Waals surface area contributed by atoms with E-state index in [-0.39, 0.29) is 11.1 Å². The zero-order chi connectivity index (χ0) is 16.9. The molecule has 0 aromatic carbocycles. The Morgan fingerprint density at radius 2 is 1.77 bits per heavy atom. The summed E-state index contributed by atoms with van der Waals surface area (Å²) in [7, 11) is 2.39. The van der Waals surface area contributed by atoms with Gasteiger partial charge in [-0.15, -0.1) is 0 Å². The summed E-state index contributed by atoms with van der Waals surface area (Å²) in [6.07, 6.45) is 1.97. The summed E-state index contributed by atoms with van der Waals surface area (Å²) in [5, 5.41) is 2.38. The number of esters is 2. The Bertz CT molecular complexity index is 558. The summed E-state index contributed by atoms with van der Waals surface area (Å²) >= 11 is 0. The Morgan fingerprint density at radius 1 is 1.14 bits per heavy atom. The molecular weight excluding hydrogens is 292 g/mol. The standard InChI is InChI=1S/C14H20N2O6/c1-14(2,3)22-13(19)16-10(12(18)21-5)8-6-15-7-9(8)11(17)20-4/h6-7,10,15H,1-5H3,(H,16,19)/t10-/m0/s1. The maximum Gasteiger partial charge on any atom is 0.408 e. The SMILES string of the molecule is COC(=O)c1c[nH]cc1[C@H](NC(=O)OC(C)(C)C)C(=O)OC. The minimum absolute atomic E-state index is 0.119. The number of aromatic amines is 1. The molecule has 0 saturated heterocycles. The quantitative estimate of drug-likeness (QED) is 0.645. The molecule has 8 heteroatoms. The molecule has 0 aliphatic heterocycles. The van der Waals surface area contributed by atoms with E-state index in [0.29, 0.717) is 0 Å². The predicted octanol–water partition coefficient (Wildman–Crippen LogP) is 1.54. The highest BCUT2D eigenvalue weighted by molar-refractivity contribution is 5.94. The molecule has 0 radical (unpaired) electrons. The van der Waals surface area contributed by atoms with Crippen molar-refractivity contribution in [3.05, 3.63) is 23.5 Å². The van der Waals surface area contributed by atoms with E-state index in [1.807, 2.05) is 0 Å². The molecule has 1 amide bonds. The number of ether oxygens (including phenoxy) is 3. The fourth-order valence-corrected chi connectivity index (χ4v) is 1.71. The molecule has 1 rings (SSSR count). The van der Waals surface area contributed by atoms with Crippen LogP contribution in [-0.4, -0.2) is 42.8 Å². The average molecular weight is 312 g/mol. The van der Waals surface area contributed by atoms with Gasteiger partial charge in [-0.1, -0.05) is 0 Å². The zero-order valence-electron chi connectivity index (χ0n) is 13.2. The molecule has 2 N–H and O–H groups in total. The Balaban J connectivity index is 3.05. The van der Waals surface area contributed by atoms with Crippen molar-refractivity contribution in [2.24, 2.45) is 0 Å². The maximum atomic E-state index is 11.9. The fourth-order valence-electron chi connectivity index (χ4n) is 1.71. The number of carbonyl (C=O) groups excluding carboxylic acids is 3. The van der Waals surface area contributed by atoms with Crippen LogP contribution in [-0.2, 0) is 19.0 Å². The van der Waals surface area contributed by atoms with Crippen LogP contribution in [0.3, 0.4) is 0 Å². The van der Waals surface area contributed by atoms with Gasteiger partial charge < -0.3 is 24.5 Å². The lowest BCUT2D eigenvalue weighted by atomic mass is 10.1. The van der Waals surface area contributed by atoms with Gasteiger partial charge in [-0.2, -0.15) is 0 Å². The van der Waals surface area contributed by atoms with Gasteiger partial charge in [0.25, 0.3) is 0 Å². The topological polar surface area (TPSA) is 107 Å². The van der Waals surface area contributed by atoms with Crippen molar-refractivity contribution in [2.75, 3.05) is 14.2 Å². The molecule has 22 heavy (non-hydrogen) atoms. The third kappa shape index (κ3) is 4.51. The molecule has 0 unspecified atom stereocenters. The minimum Gasteiger partial charge on any atom is -0.467 e. The van der Waals surface area contributed by atoms with Gasteiger partial charge in [-0.25, -0.2) is 14.4 Å². The van der Waals surface area contributed by atoms with E-state index in [1.54, 1.807) is 20.8 Å². The summed E-state index contributed by atoms with van der Waals surface area (Å²) in [5.74, 6) is -1.38. The highest BCUT2D eigenvalue weighted by Crippen LogP contribution is 2.21. The molecular formula is C14H20N2O6. The number of hydrogen-bond donors (Lipinski definition) is 2. The second-order valence-electron chi connectivity index (χ2n) is 5.42. The predicted molar refractivity (Wildman–Crippen MR) is 76.3 cm³/mol. The largest absolute Gasteiger partial charge is 0.467 e. The monoisotopic (exact) mass is 312 g/mol. The van der Waals surface area contributed by atoms with Crippen LogP contribution >= 0.6 is 0 Å². The van der Waals surface area contributed by atoms with Crippen LogP contribution < -0.4 is 5.32 Å². The first-order valence-electron chi connectivity index (χ1n) is 6.52. The van der Waals surface area contributed by atoms with E-state index in [2.05, 4.69) is 19.8 Å². The summed E-state index contributed by atoms with van der Waals surface area (Å²) in [6, 6.07) is -1.19. The number of methoxy groups -OCH3 is 2. The number of alkyl carbamates (subject to hydrolysis) is 1. The van der Waals surface area contributed by atoms with E-state index in [4.69, 9.17) is 4.74 Å². The highest BCUT2D eigenvalue weighted by Gasteiger charge is 2.30. The van der Waals surface area contributed by atoms with Crippen molar-refractivity contribution in [3.8, 4) is 0 Å². The Labute approximate surface area is 128 Å². The second kappa shape index (κ2) is 6.97. The van der Waals surface area contributed by atoms with Crippen LogP contribution in [0.2, 0.25) is 0 Å². The van der Waals surface area contributed by atoms with Crippen LogP contribution in [0.1, 0.15) is 42.7 Å². The molecule has 1 heterocycles. The van der Waals surface area contributed by atoms with E-state index in [0.717, 1.165) is 0 Å². The molecule has 0 saturated carbocycles. The van der Waals surface area contributed by atoms with Gasteiger partial charge >= 0.3 is 18.0 Å². The summed E-state index contributed by atoms with van der Waals surface area (Å²) in [4.78, 5) is 38.2. The van der Waals surface area contributed by atoms with Crippen molar-refractivity contribution >= 4 is 18.0 Å². The Morgan fingerprint density at radius 3 is 2.27 bits per heavy atom. The normalized spacial score (nSPS) is 12.2. The lowest BCUT2D eigenvalue weighted by Crippen LogP contribution is -2.39. The molecule has 0 fully saturated rings. The molecule has 0 aliphatic carbocycles. The van der Waals surface area contributed by atoms with Gasteiger partial charge in [0.15, 0.2) is 6.04 Å². The summed E-state index contributed by atoms with van der Waals surface area (Å²) in [6.45, 7) is 5.07. The Kier molecular flexibility index (Phi) is 5.56. The van der Waals surface area contributed by atoms with Gasteiger partial charge in [-0.05, 0) is 20.8 Å². The number of carbonyl (C=O) groups is 3. The van der Waals surface area contributed by atoms with Gasteiger partial charge in [0.2, 0.25) is 0 Å². The summed E-state index contributed by atoms with van der Waals surface area (Å²) in [5.41, 5.74) is -0.382. The van der Waals surface area contributed by atoms with Crippen LogP contribution in [0.15, 0.2) is 12.4 Å². The molecule has 0 spiro atoms. The number of rotatable bonds is 4. The lowest BCUT2D eigenvalue weighted by molar-refractivity contribution is -0.143. The van der Waals surface area contributed by atoms with Crippen molar-refractivity contribution in [1.82, 2.24) is 10.3 Å². The van der Waals surface area contributed by atoms with Gasteiger partial charge in [0.1, 0.15) is 5.60 Å². The molecule has 0 bridgehead atoms. The highest BCUT2D eigenvalue weighted by atomic mass is 16.6. The van der Waals surface area contributed by atoms with Gasteiger partial charge in [0.05, 0.1) is 19.8 Å². The van der Waals surface area contributed by atoms with Crippen molar-refractivity contribution in [1.29, 1.82) is 0 Å². The molecule has 1 atom stereocenters. The molecule has 122 valence electrons. The van der Waals surface area contributed by atoms with E-state index >= 15 is 0 Å². The second-order valence-corrected chi connectivity index (χ2v) is 5.42. The average Bonchev–Trinajstić information content (AvgIpc) is 2.90. The number of aromatic nitrogens is 1. The van der Waals surface area contributed by atoms with Crippen molar-refractivity contribution < 1.29 is 28.6 Å². The van der Waals surface area contributed by atoms with Crippen LogP contribution in [0.4, 0.5) is 4.79 Å². The molecule has 8 nitrogen and oxygen atoms in total. The number of hydrogen-bond acceptors (Lipinski definition) is 6. The van der Waals surface area contributed by atoms with Crippen LogP contribution in [0, 0.1) is 0 Å². The molecule has 1 aromatic rings. The summed E-state index contributed by atoms with van der Waals surface area (Å²) < 4.78 is 14.4. The first kappa shape index (κ1) is 17.5. The van der Waals surface area contributed by atoms with E-state index in [1.165, 1.54) is 26.6 Å². The van der Waals surface area contributed by atoms with Crippen molar-refractivity contribution in [3.63, 3.8) is 0 Å². The minimum atomic E-state index is -1.19. The van der Waals surface area contributed by atoms with E-state index in [9.17, 15) is 14.4 Å². The van der Waals surface area contributed by atoms with Gasteiger partial charge in [0, 0.05) is 18.0 Å². The third-order valence-corrected chi connectivity index (χ3v) is 2.59. The number of amides is 1. The number of H-pyrrole nitrogens is 1. The van der Waals surface area contributed by atoms with E-state index < -0.39 is 29.7 Å². The zero-order valence-corrected chi connectivity index (χ0v) is 13.2. The first-order valence-corrected chi connectivity index (χ1v) is 6.52. The van der Waals surface area contributed by atoms with Crippen LogP contribution in [0.25, 0.3) is 0 Å². The maximum absolute atomic E-state index is 11.9. The molecule has 0 aliphatic rings. The van der Waals surface area contributed by atoms with Gasteiger partial charge in [-0.3, -0.25) is 0 Å². The third-order valence-electron chi connectivity index (χ3n) is 2.59. The smallest absolute Gasteiger partial charge is 0.408 e.